The second-order valence-corrected chi connectivity index (χ2v) is 10.2. The molecule has 0 radical (unpaired) electrons. The molecule has 2 saturated heterocycles. The van der Waals surface area contributed by atoms with E-state index in [0.29, 0.717) is 28.1 Å². The maximum absolute atomic E-state index is 14.2. The first-order chi connectivity index (χ1) is 17.4. The van der Waals surface area contributed by atoms with E-state index in [0.717, 1.165) is 5.56 Å². The first kappa shape index (κ1) is 21.2. The Hall–Kier alpha value is -4.10. The second kappa shape index (κ2) is 7.21. The Bertz CT molecular complexity index is 1640. The van der Waals surface area contributed by atoms with Crippen LogP contribution in [0.1, 0.15) is 25.2 Å². The fourth-order valence-corrected chi connectivity index (χ4v) is 6.56. The highest BCUT2D eigenvalue weighted by atomic mass is 16.2. The van der Waals surface area contributed by atoms with Gasteiger partial charge in [0, 0.05) is 11.6 Å². The smallest absolute Gasteiger partial charge is 0.266 e. The standard InChI is InChI=1S/C29H24N4O3/c1-16(2)24-22-23(27(36)32(26(22)35)17-10-4-3-5-11-17)29(31-24)19-13-7-9-15-21(19)33-25(34)18-12-6-8-14-20(18)30-28(29)33/h3-16,22-24,31H,1-2H3/t22-,23+,24+,29+/m0/s1. The van der Waals surface area contributed by atoms with Crippen molar-refractivity contribution in [3.05, 3.63) is 101 Å². The summed E-state index contributed by atoms with van der Waals surface area (Å²) < 4.78 is 1.63. The third-order valence-corrected chi connectivity index (χ3v) is 8.03. The van der Waals surface area contributed by atoms with E-state index in [9.17, 15) is 14.4 Å². The molecule has 7 heteroatoms. The summed E-state index contributed by atoms with van der Waals surface area (Å²) in [5, 5.41) is 4.23. The third kappa shape index (κ3) is 2.45. The van der Waals surface area contributed by atoms with E-state index in [2.05, 4.69) is 19.2 Å². The van der Waals surface area contributed by atoms with Gasteiger partial charge in [-0.05, 0) is 36.2 Å². The predicted molar refractivity (Wildman–Crippen MR) is 136 cm³/mol. The van der Waals surface area contributed by atoms with Gasteiger partial charge in [0.2, 0.25) is 11.8 Å². The summed E-state index contributed by atoms with van der Waals surface area (Å²) in [6.07, 6.45) is 0. The van der Waals surface area contributed by atoms with Crippen molar-refractivity contribution in [2.75, 3.05) is 4.90 Å². The van der Waals surface area contributed by atoms with Crippen molar-refractivity contribution >= 4 is 28.4 Å². The number of fused-ring (bicyclic) bond motifs is 8. The Morgan fingerprint density at radius 1 is 0.861 bits per heavy atom. The highest BCUT2D eigenvalue weighted by Crippen LogP contribution is 2.56. The van der Waals surface area contributed by atoms with Crippen LogP contribution in [0.15, 0.2) is 83.7 Å². The molecule has 1 N–H and O–H groups in total. The Balaban J connectivity index is 1.55. The van der Waals surface area contributed by atoms with E-state index in [1.165, 1.54) is 4.90 Å². The number of imide groups is 1. The number of amides is 2. The van der Waals surface area contributed by atoms with Crippen LogP contribution in [0.2, 0.25) is 0 Å². The van der Waals surface area contributed by atoms with Crippen molar-refractivity contribution < 1.29 is 9.59 Å². The molecule has 3 aliphatic rings. The van der Waals surface area contributed by atoms with Gasteiger partial charge in [-0.25, -0.2) is 9.88 Å². The minimum absolute atomic E-state index is 0.0674. The van der Waals surface area contributed by atoms with Crippen LogP contribution in [-0.4, -0.2) is 27.4 Å². The Kier molecular flexibility index (Phi) is 4.25. The van der Waals surface area contributed by atoms with Crippen molar-refractivity contribution in [1.82, 2.24) is 14.9 Å². The zero-order valence-corrected chi connectivity index (χ0v) is 19.9. The second-order valence-electron chi connectivity index (χ2n) is 10.2. The highest BCUT2D eigenvalue weighted by molar-refractivity contribution is 6.23. The maximum atomic E-state index is 14.2. The first-order valence-corrected chi connectivity index (χ1v) is 12.3. The molecule has 4 atom stereocenters. The zero-order chi connectivity index (χ0) is 24.8. The molecule has 0 saturated carbocycles. The van der Waals surface area contributed by atoms with Gasteiger partial charge in [-0.2, -0.15) is 0 Å². The van der Waals surface area contributed by atoms with Gasteiger partial charge < -0.3 is 0 Å². The third-order valence-electron chi connectivity index (χ3n) is 8.03. The lowest BCUT2D eigenvalue weighted by Crippen LogP contribution is -2.51. The number of benzene rings is 3. The summed E-state index contributed by atoms with van der Waals surface area (Å²) >= 11 is 0. The molecule has 178 valence electrons. The molecule has 7 rings (SSSR count). The fraction of sp³-hybridized carbons (Fsp3) is 0.241. The summed E-state index contributed by atoms with van der Waals surface area (Å²) in [5.41, 5.74) is 1.36. The number of nitrogens with one attached hydrogen (secondary N) is 1. The Labute approximate surface area is 207 Å². The molecular weight excluding hydrogens is 452 g/mol. The average Bonchev–Trinajstić information content (AvgIpc) is 3.48. The predicted octanol–water partition coefficient (Wildman–Crippen LogP) is 3.38. The molecule has 2 fully saturated rings. The van der Waals surface area contributed by atoms with Gasteiger partial charge in [-0.15, -0.1) is 0 Å². The molecule has 3 aromatic carbocycles. The highest BCUT2D eigenvalue weighted by Gasteiger charge is 2.70. The van der Waals surface area contributed by atoms with Crippen LogP contribution in [0.3, 0.4) is 0 Å². The number of carbonyl (C=O) groups excluding carboxylic acids is 2. The molecular formula is C29H24N4O3. The summed E-state index contributed by atoms with van der Waals surface area (Å²) in [4.78, 5) is 48.3. The SMILES string of the molecule is CC(C)[C@H]1N[C@]2(c3ccccc3-n3c2nc2ccccc2c3=O)[C@H]2C(=O)N(c3ccccc3)C(=O)[C@H]12. The van der Waals surface area contributed by atoms with Crippen molar-refractivity contribution in [2.45, 2.75) is 25.4 Å². The van der Waals surface area contributed by atoms with E-state index < -0.39 is 17.4 Å². The number of hydrogen-bond donors (Lipinski definition) is 1. The molecule has 7 nitrogen and oxygen atoms in total. The molecule has 0 aliphatic carbocycles. The number of rotatable bonds is 2. The van der Waals surface area contributed by atoms with Crippen LogP contribution in [0.25, 0.3) is 16.6 Å². The molecule has 3 aliphatic heterocycles. The fourth-order valence-electron chi connectivity index (χ4n) is 6.56. The molecule has 0 unspecified atom stereocenters. The van der Waals surface area contributed by atoms with E-state index in [-0.39, 0.29) is 29.3 Å². The number of hydrogen-bond acceptors (Lipinski definition) is 5. The molecule has 2 amide bonds. The van der Waals surface area contributed by atoms with E-state index in [1.807, 2.05) is 60.7 Å². The summed E-state index contributed by atoms with van der Waals surface area (Å²) in [6, 6.07) is 23.7. The van der Waals surface area contributed by atoms with E-state index >= 15 is 0 Å². The molecule has 4 aromatic rings. The van der Waals surface area contributed by atoms with Crippen molar-refractivity contribution in [3.8, 4) is 5.69 Å². The van der Waals surface area contributed by atoms with Gasteiger partial charge in [0.05, 0.1) is 34.1 Å². The first-order valence-electron chi connectivity index (χ1n) is 12.3. The minimum atomic E-state index is -1.10. The summed E-state index contributed by atoms with van der Waals surface area (Å²) in [7, 11) is 0. The van der Waals surface area contributed by atoms with E-state index in [4.69, 9.17) is 4.98 Å². The van der Waals surface area contributed by atoms with Gasteiger partial charge in [-0.1, -0.05) is 62.4 Å². The van der Waals surface area contributed by atoms with Crippen molar-refractivity contribution in [1.29, 1.82) is 0 Å². The van der Waals surface area contributed by atoms with Gasteiger partial charge in [0.15, 0.2) is 0 Å². The van der Waals surface area contributed by atoms with Crippen LogP contribution in [0.5, 0.6) is 0 Å². The number of anilines is 1. The summed E-state index contributed by atoms with van der Waals surface area (Å²) in [5.74, 6) is -1.25. The topological polar surface area (TPSA) is 84.3 Å². The molecule has 1 spiro atoms. The molecule has 0 bridgehead atoms. The monoisotopic (exact) mass is 476 g/mol. The lowest BCUT2D eigenvalue weighted by Gasteiger charge is -2.32. The number of para-hydroxylation sites is 3. The van der Waals surface area contributed by atoms with Crippen molar-refractivity contribution in [2.24, 2.45) is 17.8 Å². The Morgan fingerprint density at radius 2 is 1.56 bits per heavy atom. The number of aromatic nitrogens is 2. The van der Waals surface area contributed by atoms with Crippen LogP contribution >= 0.6 is 0 Å². The maximum Gasteiger partial charge on any atom is 0.266 e. The van der Waals surface area contributed by atoms with Gasteiger partial charge in [-0.3, -0.25) is 24.3 Å². The summed E-state index contributed by atoms with van der Waals surface area (Å²) in [6.45, 7) is 4.11. The largest absolute Gasteiger partial charge is 0.296 e. The van der Waals surface area contributed by atoms with E-state index in [1.54, 1.807) is 22.8 Å². The number of carbonyl (C=O) groups is 2. The Morgan fingerprint density at radius 3 is 2.33 bits per heavy atom. The molecule has 4 heterocycles. The van der Waals surface area contributed by atoms with Crippen molar-refractivity contribution in [3.63, 3.8) is 0 Å². The average molecular weight is 477 g/mol. The lowest BCUT2D eigenvalue weighted by molar-refractivity contribution is -0.123. The lowest BCUT2D eigenvalue weighted by atomic mass is 9.75. The molecule has 1 aromatic heterocycles. The normalized spacial score (nSPS) is 26.2. The van der Waals surface area contributed by atoms with Gasteiger partial charge in [0.1, 0.15) is 11.4 Å². The van der Waals surface area contributed by atoms with Gasteiger partial charge >= 0.3 is 0 Å². The zero-order valence-electron chi connectivity index (χ0n) is 19.9. The number of nitrogens with zero attached hydrogens (tertiary/aromatic N) is 3. The van der Waals surface area contributed by atoms with Crippen LogP contribution in [0, 0.1) is 17.8 Å². The van der Waals surface area contributed by atoms with Gasteiger partial charge in [0.25, 0.3) is 5.56 Å². The van der Waals surface area contributed by atoms with Crippen LogP contribution < -0.4 is 15.8 Å². The van der Waals surface area contributed by atoms with Crippen LogP contribution in [-0.2, 0) is 15.1 Å². The molecule has 36 heavy (non-hydrogen) atoms. The van der Waals surface area contributed by atoms with Crippen LogP contribution in [0.4, 0.5) is 5.69 Å². The minimum Gasteiger partial charge on any atom is -0.296 e. The quantitative estimate of drug-likeness (QED) is 0.449.